The molecule has 3 rings (SSSR count). The van der Waals surface area contributed by atoms with Gasteiger partial charge in [0.05, 0.1) is 5.60 Å². The molecule has 0 heterocycles. The van der Waals surface area contributed by atoms with E-state index in [0.29, 0.717) is 0 Å². The van der Waals surface area contributed by atoms with Gasteiger partial charge in [0.1, 0.15) is 0 Å². The molecule has 2 heteroatoms. The van der Waals surface area contributed by atoms with Crippen molar-refractivity contribution in [2.45, 2.75) is 70.2 Å². The van der Waals surface area contributed by atoms with Crippen molar-refractivity contribution in [3.8, 4) is 0 Å². The lowest BCUT2D eigenvalue weighted by atomic mass is 9.79. The summed E-state index contributed by atoms with van der Waals surface area (Å²) in [4.78, 5) is 0. The van der Waals surface area contributed by atoms with E-state index in [1.54, 1.807) is 0 Å². The molecule has 2 aliphatic rings. The zero-order valence-corrected chi connectivity index (χ0v) is 15.9. The fraction of sp³-hybridized carbons (Fsp3) is 0.524. The van der Waals surface area contributed by atoms with Gasteiger partial charge in [-0.25, -0.2) is 0 Å². The van der Waals surface area contributed by atoms with E-state index in [0.717, 1.165) is 6.42 Å². The molecular formula is C21H30OSi. The third-order valence-electron chi connectivity index (χ3n) is 6.00. The first-order chi connectivity index (χ1) is 11.2. The van der Waals surface area contributed by atoms with Gasteiger partial charge < -0.3 is 4.43 Å². The number of hydrogen-bond donors (Lipinski definition) is 0. The van der Waals surface area contributed by atoms with E-state index in [4.69, 9.17) is 4.43 Å². The Hall–Kier alpha value is -1.12. The third-order valence-corrected chi connectivity index (χ3v) is 10.7. The van der Waals surface area contributed by atoms with Crippen molar-refractivity contribution in [1.29, 1.82) is 0 Å². The standard InChI is InChI=1S/C21H30OSi/c1-4-23(5-2,6-3)22-21-16-10-14-19(20(21)15-11-17-21)18-12-8-7-9-13-18/h7-9,12-15H,4-6,10-11,16-17H2,1-3H3. The number of rotatable bonds is 6. The Morgan fingerprint density at radius 3 is 2.13 bits per heavy atom. The molecule has 0 amide bonds. The van der Waals surface area contributed by atoms with Crippen LogP contribution in [0.15, 0.2) is 48.1 Å². The molecule has 1 unspecified atom stereocenters. The van der Waals surface area contributed by atoms with Gasteiger partial charge >= 0.3 is 0 Å². The second-order valence-electron chi connectivity index (χ2n) is 7.02. The fourth-order valence-corrected chi connectivity index (χ4v) is 7.45. The minimum Gasteiger partial charge on any atom is -0.407 e. The molecular weight excluding hydrogens is 296 g/mol. The van der Waals surface area contributed by atoms with E-state index in [1.165, 1.54) is 54.1 Å². The van der Waals surface area contributed by atoms with Crippen molar-refractivity contribution in [3.63, 3.8) is 0 Å². The first kappa shape index (κ1) is 16.7. The van der Waals surface area contributed by atoms with Crippen molar-refractivity contribution in [2.75, 3.05) is 0 Å². The summed E-state index contributed by atoms with van der Waals surface area (Å²) in [6.45, 7) is 7.01. The second-order valence-corrected chi connectivity index (χ2v) is 11.7. The largest absolute Gasteiger partial charge is 0.407 e. The quantitative estimate of drug-likeness (QED) is 0.554. The van der Waals surface area contributed by atoms with Crippen LogP contribution in [0.5, 0.6) is 0 Å². The summed E-state index contributed by atoms with van der Waals surface area (Å²) >= 11 is 0. The Labute approximate surface area is 142 Å². The molecule has 0 fully saturated rings. The zero-order chi connectivity index (χ0) is 16.3. The molecule has 23 heavy (non-hydrogen) atoms. The molecule has 2 aliphatic carbocycles. The maximum absolute atomic E-state index is 7.12. The van der Waals surface area contributed by atoms with Gasteiger partial charge in [-0.15, -0.1) is 0 Å². The van der Waals surface area contributed by atoms with Crippen LogP contribution in [0.4, 0.5) is 0 Å². The van der Waals surface area contributed by atoms with E-state index in [9.17, 15) is 0 Å². The molecule has 1 atom stereocenters. The van der Waals surface area contributed by atoms with Crippen molar-refractivity contribution >= 4 is 13.9 Å². The van der Waals surface area contributed by atoms with Crippen LogP contribution in [0.1, 0.15) is 52.0 Å². The monoisotopic (exact) mass is 326 g/mol. The lowest BCUT2D eigenvalue weighted by molar-refractivity contribution is 0.0876. The Balaban J connectivity index is 1.95. The molecule has 124 valence electrons. The van der Waals surface area contributed by atoms with E-state index < -0.39 is 8.32 Å². The summed E-state index contributed by atoms with van der Waals surface area (Å²) in [6, 6.07) is 14.6. The van der Waals surface area contributed by atoms with E-state index >= 15 is 0 Å². The molecule has 1 aromatic rings. The van der Waals surface area contributed by atoms with Gasteiger partial charge in [0, 0.05) is 0 Å². The first-order valence-corrected chi connectivity index (χ1v) is 11.9. The number of allylic oxidation sites excluding steroid dienone is 2. The molecule has 0 aliphatic heterocycles. The van der Waals surface area contributed by atoms with Crippen LogP contribution in [0.3, 0.4) is 0 Å². The van der Waals surface area contributed by atoms with E-state index in [-0.39, 0.29) is 5.60 Å². The molecule has 0 saturated carbocycles. The van der Waals surface area contributed by atoms with E-state index in [1.807, 2.05) is 0 Å². The highest BCUT2D eigenvalue weighted by Gasteiger charge is 2.46. The topological polar surface area (TPSA) is 9.23 Å². The SMILES string of the molecule is CC[Si](CC)(CC)OC12CCC=C(c3ccccc3)C1=CCC2. The minimum absolute atomic E-state index is 0.00811. The van der Waals surface area contributed by atoms with Gasteiger partial charge in [-0.1, -0.05) is 63.3 Å². The summed E-state index contributed by atoms with van der Waals surface area (Å²) in [5, 5.41) is 0. The van der Waals surface area contributed by atoms with Crippen LogP contribution in [0.25, 0.3) is 5.57 Å². The van der Waals surface area contributed by atoms with Crippen molar-refractivity contribution < 1.29 is 4.43 Å². The highest BCUT2D eigenvalue weighted by molar-refractivity contribution is 6.73. The predicted molar refractivity (Wildman–Crippen MR) is 102 cm³/mol. The zero-order valence-electron chi connectivity index (χ0n) is 14.9. The lowest BCUT2D eigenvalue weighted by Crippen LogP contribution is -2.48. The highest BCUT2D eigenvalue weighted by Crippen LogP contribution is 2.50. The van der Waals surface area contributed by atoms with Crippen molar-refractivity contribution in [1.82, 2.24) is 0 Å². The summed E-state index contributed by atoms with van der Waals surface area (Å²) in [5.41, 5.74) is 4.28. The normalized spacial score (nSPS) is 24.1. The minimum atomic E-state index is -1.60. The average Bonchev–Trinajstić information content (AvgIpc) is 3.04. The van der Waals surface area contributed by atoms with Crippen LogP contribution >= 0.6 is 0 Å². The Morgan fingerprint density at radius 1 is 0.913 bits per heavy atom. The van der Waals surface area contributed by atoms with Crippen LogP contribution in [0, 0.1) is 0 Å². The van der Waals surface area contributed by atoms with Gasteiger partial charge in [-0.05, 0) is 60.5 Å². The highest BCUT2D eigenvalue weighted by atomic mass is 28.4. The van der Waals surface area contributed by atoms with Gasteiger partial charge in [0.15, 0.2) is 8.32 Å². The van der Waals surface area contributed by atoms with Crippen molar-refractivity contribution in [3.05, 3.63) is 53.6 Å². The van der Waals surface area contributed by atoms with Crippen LogP contribution in [-0.4, -0.2) is 13.9 Å². The summed E-state index contributed by atoms with van der Waals surface area (Å²) in [5.74, 6) is 0. The van der Waals surface area contributed by atoms with Gasteiger partial charge in [0.25, 0.3) is 0 Å². The van der Waals surface area contributed by atoms with Gasteiger partial charge in [0.2, 0.25) is 0 Å². The molecule has 0 radical (unpaired) electrons. The Bertz CT molecular complexity index is 589. The predicted octanol–water partition coefficient (Wildman–Crippen LogP) is 6.34. The second kappa shape index (κ2) is 6.78. The summed E-state index contributed by atoms with van der Waals surface area (Å²) in [7, 11) is -1.60. The smallest absolute Gasteiger partial charge is 0.193 e. The first-order valence-electron chi connectivity index (χ1n) is 9.35. The summed E-state index contributed by atoms with van der Waals surface area (Å²) < 4.78 is 7.12. The third kappa shape index (κ3) is 2.99. The maximum Gasteiger partial charge on any atom is 0.193 e. The van der Waals surface area contributed by atoms with Crippen LogP contribution in [0.2, 0.25) is 18.1 Å². The molecule has 0 aromatic heterocycles. The number of hydrogen-bond acceptors (Lipinski definition) is 1. The average molecular weight is 327 g/mol. The Morgan fingerprint density at radius 2 is 1.52 bits per heavy atom. The molecule has 0 N–H and O–H groups in total. The lowest BCUT2D eigenvalue weighted by Gasteiger charge is -2.44. The summed E-state index contributed by atoms with van der Waals surface area (Å²) in [6.07, 6.45) is 9.55. The van der Waals surface area contributed by atoms with Gasteiger partial charge in [-0.3, -0.25) is 0 Å². The molecule has 0 bridgehead atoms. The van der Waals surface area contributed by atoms with Gasteiger partial charge in [-0.2, -0.15) is 0 Å². The maximum atomic E-state index is 7.12. The van der Waals surface area contributed by atoms with Crippen LogP contribution < -0.4 is 0 Å². The molecule has 1 nitrogen and oxygen atoms in total. The molecule has 0 spiro atoms. The molecule has 0 saturated heterocycles. The van der Waals surface area contributed by atoms with Crippen LogP contribution in [-0.2, 0) is 4.43 Å². The van der Waals surface area contributed by atoms with Crippen molar-refractivity contribution in [2.24, 2.45) is 0 Å². The van der Waals surface area contributed by atoms with E-state index in [2.05, 4.69) is 63.3 Å². The molecule has 1 aromatic carbocycles. The Kier molecular flexibility index (Phi) is 4.93. The number of benzene rings is 1. The number of fused-ring (bicyclic) bond motifs is 1. The fourth-order valence-electron chi connectivity index (χ4n) is 4.37.